The number of nitrogens with one attached hydrogen (secondary N) is 1. The predicted molar refractivity (Wildman–Crippen MR) is 62.0 cm³/mol. The summed E-state index contributed by atoms with van der Waals surface area (Å²) in [7, 11) is 2.09. The average molecular weight is 212 g/mol. The molecule has 0 saturated carbocycles. The number of hydrogen-bond donors (Lipinski definition) is 1. The molecule has 0 spiro atoms. The first-order valence-corrected chi connectivity index (χ1v) is 6.30. The molecule has 15 heavy (non-hydrogen) atoms. The van der Waals surface area contributed by atoms with E-state index in [1.807, 2.05) is 0 Å². The Labute approximate surface area is 93.2 Å². The van der Waals surface area contributed by atoms with Gasteiger partial charge in [0, 0.05) is 31.8 Å². The average Bonchev–Trinajstić information content (AvgIpc) is 2.30. The third-order valence-electron chi connectivity index (χ3n) is 4.01. The standard InChI is InChI=1S/C12H24N2O/c1-10-9-14(6-3-12(10)13-2)11-4-7-15-8-5-11/h10-13H,3-9H2,1-2H3. The largest absolute Gasteiger partial charge is 0.381 e. The van der Waals surface area contributed by atoms with Crippen LogP contribution < -0.4 is 5.32 Å². The van der Waals surface area contributed by atoms with Gasteiger partial charge in [0.15, 0.2) is 0 Å². The van der Waals surface area contributed by atoms with Crippen LogP contribution in [0.2, 0.25) is 0 Å². The van der Waals surface area contributed by atoms with Gasteiger partial charge in [0.25, 0.3) is 0 Å². The molecule has 2 saturated heterocycles. The van der Waals surface area contributed by atoms with E-state index in [0.29, 0.717) is 0 Å². The summed E-state index contributed by atoms with van der Waals surface area (Å²) in [6.07, 6.45) is 3.77. The second-order valence-electron chi connectivity index (χ2n) is 5.00. The Morgan fingerprint density at radius 2 is 1.93 bits per heavy atom. The molecule has 0 aromatic rings. The van der Waals surface area contributed by atoms with Gasteiger partial charge in [-0.15, -0.1) is 0 Å². The molecule has 2 rings (SSSR count). The van der Waals surface area contributed by atoms with E-state index < -0.39 is 0 Å². The van der Waals surface area contributed by atoms with Crippen molar-refractivity contribution >= 4 is 0 Å². The van der Waals surface area contributed by atoms with Crippen LogP contribution in [0.15, 0.2) is 0 Å². The first-order valence-electron chi connectivity index (χ1n) is 6.30. The summed E-state index contributed by atoms with van der Waals surface area (Å²) in [5.41, 5.74) is 0. The molecular formula is C12H24N2O. The zero-order valence-electron chi connectivity index (χ0n) is 10.0. The first-order chi connectivity index (χ1) is 7.31. The smallest absolute Gasteiger partial charge is 0.0480 e. The highest BCUT2D eigenvalue weighted by Crippen LogP contribution is 2.22. The molecule has 2 aliphatic heterocycles. The summed E-state index contributed by atoms with van der Waals surface area (Å²) in [6.45, 7) is 6.82. The Morgan fingerprint density at radius 1 is 1.20 bits per heavy atom. The quantitative estimate of drug-likeness (QED) is 0.742. The van der Waals surface area contributed by atoms with Crippen LogP contribution in [0.4, 0.5) is 0 Å². The molecule has 1 N–H and O–H groups in total. The molecule has 2 unspecified atom stereocenters. The lowest BCUT2D eigenvalue weighted by molar-refractivity contribution is 0.0141. The summed E-state index contributed by atoms with van der Waals surface area (Å²) in [5, 5.41) is 3.43. The molecule has 2 atom stereocenters. The summed E-state index contributed by atoms with van der Waals surface area (Å²) in [5.74, 6) is 0.784. The fraction of sp³-hybridized carbons (Fsp3) is 1.00. The van der Waals surface area contributed by atoms with Gasteiger partial charge in [-0.2, -0.15) is 0 Å². The lowest BCUT2D eigenvalue weighted by atomic mass is 9.92. The van der Waals surface area contributed by atoms with Crippen LogP contribution in [0, 0.1) is 5.92 Å². The molecule has 0 bridgehead atoms. The van der Waals surface area contributed by atoms with Crippen LogP contribution in [0.1, 0.15) is 26.2 Å². The summed E-state index contributed by atoms with van der Waals surface area (Å²) >= 11 is 0. The predicted octanol–water partition coefficient (Wildman–Crippen LogP) is 1.10. The van der Waals surface area contributed by atoms with Gasteiger partial charge < -0.3 is 10.1 Å². The van der Waals surface area contributed by atoms with Crippen molar-refractivity contribution in [3.8, 4) is 0 Å². The molecule has 2 heterocycles. The van der Waals surface area contributed by atoms with Crippen LogP contribution in [0.3, 0.4) is 0 Å². The van der Waals surface area contributed by atoms with Gasteiger partial charge in [-0.3, -0.25) is 4.90 Å². The van der Waals surface area contributed by atoms with E-state index >= 15 is 0 Å². The van der Waals surface area contributed by atoms with Gasteiger partial charge in [0.2, 0.25) is 0 Å². The van der Waals surface area contributed by atoms with Crippen molar-refractivity contribution in [2.45, 2.75) is 38.3 Å². The number of piperidine rings is 1. The highest BCUT2D eigenvalue weighted by atomic mass is 16.5. The fourth-order valence-corrected chi connectivity index (χ4v) is 2.99. The lowest BCUT2D eigenvalue weighted by Gasteiger charge is -2.42. The maximum absolute atomic E-state index is 5.42. The number of hydrogen-bond acceptors (Lipinski definition) is 3. The van der Waals surface area contributed by atoms with Crippen LogP contribution in [0.25, 0.3) is 0 Å². The zero-order valence-corrected chi connectivity index (χ0v) is 10.0. The molecule has 2 fully saturated rings. The molecule has 3 heteroatoms. The Balaban J connectivity index is 1.84. The highest BCUT2D eigenvalue weighted by molar-refractivity contribution is 4.86. The fourth-order valence-electron chi connectivity index (χ4n) is 2.99. The van der Waals surface area contributed by atoms with Crippen molar-refractivity contribution < 1.29 is 4.74 Å². The van der Waals surface area contributed by atoms with Gasteiger partial charge >= 0.3 is 0 Å². The van der Waals surface area contributed by atoms with Crippen molar-refractivity contribution in [2.24, 2.45) is 5.92 Å². The number of rotatable bonds is 2. The Morgan fingerprint density at radius 3 is 2.53 bits per heavy atom. The summed E-state index contributed by atoms with van der Waals surface area (Å²) in [4.78, 5) is 2.68. The molecule has 88 valence electrons. The minimum absolute atomic E-state index is 0.723. The lowest BCUT2D eigenvalue weighted by Crippen LogP contribution is -2.51. The van der Waals surface area contributed by atoms with Gasteiger partial charge in [0.1, 0.15) is 0 Å². The zero-order chi connectivity index (χ0) is 10.7. The van der Waals surface area contributed by atoms with E-state index in [1.54, 1.807) is 0 Å². The van der Waals surface area contributed by atoms with Gasteiger partial charge in [-0.25, -0.2) is 0 Å². The van der Waals surface area contributed by atoms with Crippen molar-refractivity contribution in [1.29, 1.82) is 0 Å². The number of ether oxygens (including phenoxy) is 1. The second kappa shape index (κ2) is 5.28. The maximum atomic E-state index is 5.42. The molecule has 2 aliphatic rings. The number of likely N-dealkylation sites (tertiary alicyclic amines) is 1. The normalized spacial score (nSPS) is 35.6. The van der Waals surface area contributed by atoms with Crippen molar-refractivity contribution in [2.75, 3.05) is 33.4 Å². The Bertz CT molecular complexity index is 192. The SMILES string of the molecule is CNC1CCN(C2CCOCC2)CC1C. The number of nitrogens with zero attached hydrogens (tertiary/aromatic N) is 1. The van der Waals surface area contributed by atoms with Gasteiger partial charge in [-0.1, -0.05) is 6.92 Å². The molecule has 0 radical (unpaired) electrons. The van der Waals surface area contributed by atoms with Crippen molar-refractivity contribution in [3.05, 3.63) is 0 Å². The van der Waals surface area contributed by atoms with Crippen molar-refractivity contribution in [1.82, 2.24) is 10.2 Å². The molecule has 3 nitrogen and oxygen atoms in total. The van der Waals surface area contributed by atoms with Gasteiger partial charge in [-0.05, 0) is 38.8 Å². The van der Waals surface area contributed by atoms with Gasteiger partial charge in [0.05, 0.1) is 0 Å². The highest BCUT2D eigenvalue weighted by Gasteiger charge is 2.29. The monoisotopic (exact) mass is 212 g/mol. The van der Waals surface area contributed by atoms with E-state index in [4.69, 9.17) is 4.74 Å². The third kappa shape index (κ3) is 2.71. The minimum Gasteiger partial charge on any atom is -0.381 e. The van der Waals surface area contributed by atoms with Crippen LogP contribution in [-0.4, -0.2) is 50.3 Å². The summed E-state index contributed by atoms with van der Waals surface area (Å²) < 4.78 is 5.42. The maximum Gasteiger partial charge on any atom is 0.0480 e. The Hall–Kier alpha value is -0.120. The van der Waals surface area contributed by atoms with Crippen molar-refractivity contribution in [3.63, 3.8) is 0 Å². The third-order valence-corrected chi connectivity index (χ3v) is 4.01. The van der Waals surface area contributed by atoms with E-state index in [0.717, 1.165) is 31.2 Å². The van der Waals surface area contributed by atoms with E-state index in [2.05, 4.69) is 24.2 Å². The molecule has 0 aromatic heterocycles. The van der Waals surface area contributed by atoms with Crippen LogP contribution in [-0.2, 0) is 4.74 Å². The minimum atomic E-state index is 0.723. The molecule has 0 aliphatic carbocycles. The molecular weight excluding hydrogens is 188 g/mol. The summed E-state index contributed by atoms with van der Waals surface area (Å²) in [6, 6.07) is 1.51. The topological polar surface area (TPSA) is 24.5 Å². The van der Waals surface area contributed by atoms with E-state index in [9.17, 15) is 0 Å². The van der Waals surface area contributed by atoms with E-state index in [-0.39, 0.29) is 0 Å². The van der Waals surface area contributed by atoms with E-state index in [1.165, 1.54) is 32.4 Å². The second-order valence-corrected chi connectivity index (χ2v) is 5.00. The first kappa shape index (κ1) is 11.4. The Kier molecular flexibility index (Phi) is 4.00. The van der Waals surface area contributed by atoms with Crippen LogP contribution in [0.5, 0.6) is 0 Å². The molecule has 0 aromatic carbocycles. The van der Waals surface area contributed by atoms with Crippen LogP contribution >= 0.6 is 0 Å². The molecule has 0 amide bonds.